The highest BCUT2D eigenvalue weighted by molar-refractivity contribution is 7.93. The van der Waals surface area contributed by atoms with Crippen molar-refractivity contribution in [1.82, 2.24) is 99.8 Å². The molecule has 0 aliphatic rings. The molecule has 0 aliphatic heterocycles. The summed E-state index contributed by atoms with van der Waals surface area (Å²) >= 11 is 0.250. The number of rotatable bonds is 27. The van der Waals surface area contributed by atoms with Crippen molar-refractivity contribution >= 4 is 41.2 Å². The number of ether oxygens (including phenoxy) is 5. The molecule has 48 heteroatoms. The lowest BCUT2D eigenvalue weighted by Gasteiger charge is -2.17. The highest BCUT2D eigenvalue weighted by atomic mass is 32.2. The van der Waals surface area contributed by atoms with Crippen LogP contribution in [0.5, 0.6) is 5.75 Å². The zero-order valence-corrected chi connectivity index (χ0v) is 76.3. The number of aromatic nitrogens is 20. The molecule has 720 valence electrons. The lowest BCUT2D eigenvalue weighted by molar-refractivity contribution is -0.138. The maximum atomic E-state index is 13.6. The molecule has 4 atom stereocenters. The molecule has 0 spiro atoms. The van der Waals surface area contributed by atoms with E-state index in [2.05, 4.69) is 105 Å². The second-order valence-electron chi connectivity index (χ2n) is 29.4. The number of anilines is 1. The Kier molecular flexibility index (Phi) is 38.4. The molecule has 2 unspecified atom stereocenters. The fourth-order valence-corrected chi connectivity index (χ4v) is 13.4. The number of aryl methyl sites for hydroxylation is 4. The smallest absolute Gasteiger partial charge is 0.420 e. The van der Waals surface area contributed by atoms with Crippen LogP contribution in [-0.4, -0.2) is 158 Å². The normalized spacial score (nSPS) is 12.0. The second kappa shape index (κ2) is 49.1. The number of esters is 1. The molecule has 0 saturated carbocycles. The van der Waals surface area contributed by atoms with Gasteiger partial charge < -0.3 is 29.4 Å². The Bertz CT molecular complexity index is 6110. The molecule has 0 saturated heterocycles. The van der Waals surface area contributed by atoms with Crippen LogP contribution in [0.3, 0.4) is 0 Å². The number of methoxy groups -OCH3 is 4. The third-order valence-electron chi connectivity index (χ3n) is 20.0. The number of Topliss-reactive ketones (excluding diaryl/α,β-unsaturated/α-hetero) is 3. The zero-order chi connectivity index (χ0) is 102. The van der Waals surface area contributed by atoms with E-state index in [4.69, 9.17) is 34.7 Å². The van der Waals surface area contributed by atoms with Crippen molar-refractivity contribution < 1.29 is 99.4 Å². The molecule has 12 aromatic heterocycles. The first-order valence-electron chi connectivity index (χ1n) is 40.5. The molecule has 0 radical (unpaired) electrons. The van der Waals surface area contributed by atoms with Gasteiger partial charge in [-0.3, -0.25) is 39.1 Å². The van der Waals surface area contributed by atoms with Crippen molar-refractivity contribution in [3.63, 3.8) is 0 Å². The van der Waals surface area contributed by atoms with Crippen LogP contribution in [0.4, 0.5) is 62.3 Å². The van der Waals surface area contributed by atoms with Crippen LogP contribution in [0.1, 0.15) is 181 Å². The number of para-hydroxylation sites is 1. The van der Waals surface area contributed by atoms with Gasteiger partial charge in [-0.1, -0.05) is 18.2 Å². The van der Waals surface area contributed by atoms with E-state index >= 15 is 0 Å². The first-order valence-corrected chi connectivity index (χ1v) is 41.6. The number of pyridine rings is 8. The predicted octanol–water partition coefficient (Wildman–Crippen LogP) is 15.6. The van der Waals surface area contributed by atoms with Crippen LogP contribution in [0.25, 0.3) is 23.3 Å². The summed E-state index contributed by atoms with van der Waals surface area (Å²) in [6, 6.07) is 20.1. The Morgan fingerprint density at radius 1 is 0.370 bits per heavy atom. The first kappa shape index (κ1) is 108. The van der Waals surface area contributed by atoms with E-state index < -0.39 is 94.5 Å². The molecule has 13 aromatic rings. The Labute approximate surface area is 783 Å². The quantitative estimate of drug-likeness (QED) is 0.0284. The summed E-state index contributed by atoms with van der Waals surface area (Å²) in [5.41, 5.74) is 9.96. The van der Waals surface area contributed by atoms with Gasteiger partial charge >= 0.3 is 30.7 Å². The van der Waals surface area contributed by atoms with Gasteiger partial charge in [0, 0.05) is 151 Å². The van der Waals surface area contributed by atoms with Crippen LogP contribution < -0.4 is 10.5 Å². The fraction of sp³-hybridized carbons (Fsp3) is 0.311. The highest BCUT2D eigenvalue weighted by Gasteiger charge is 2.40. The zero-order valence-electron chi connectivity index (χ0n) is 75.5. The van der Waals surface area contributed by atoms with Crippen molar-refractivity contribution in [3.05, 3.63) is 282 Å². The summed E-state index contributed by atoms with van der Waals surface area (Å²) in [5.74, 6) is -3.33. The Morgan fingerprint density at radius 3 is 0.841 bits per heavy atom. The van der Waals surface area contributed by atoms with E-state index in [-0.39, 0.29) is 103 Å². The van der Waals surface area contributed by atoms with E-state index in [1.165, 1.54) is 121 Å². The van der Waals surface area contributed by atoms with E-state index in [0.717, 1.165) is 49.0 Å². The number of hydrogen-bond donors (Lipinski definition) is 1. The summed E-state index contributed by atoms with van der Waals surface area (Å²) in [7, 11) is 6.02. The third-order valence-corrected chi connectivity index (χ3v) is 20.0. The molecule has 0 aliphatic carbocycles. The number of nitrogens with two attached hydrogens (primary N) is 1. The van der Waals surface area contributed by atoms with Gasteiger partial charge in [-0.05, 0) is 131 Å². The van der Waals surface area contributed by atoms with Gasteiger partial charge in [0.1, 0.15) is 69.6 Å². The van der Waals surface area contributed by atoms with Gasteiger partial charge in [0.15, 0.2) is 23.3 Å². The first-order chi connectivity index (χ1) is 65.4. The Morgan fingerprint density at radius 2 is 0.601 bits per heavy atom. The van der Waals surface area contributed by atoms with Crippen LogP contribution in [0, 0.1) is 73.0 Å². The van der Waals surface area contributed by atoms with E-state index in [0.29, 0.717) is 89.8 Å². The van der Waals surface area contributed by atoms with Crippen molar-refractivity contribution in [2.24, 2.45) is 0 Å². The number of nitrogen functional groups attached to an aromatic ring is 1. The molecular weight excluding hydrogens is 1850 g/mol. The minimum atomic E-state index is -4.71. The van der Waals surface area contributed by atoms with Crippen LogP contribution in [0.2, 0.25) is 0 Å². The maximum Gasteiger partial charge on any atom is 0.420 e. The molecule has 12 heterocycles. The molecule has 138 heavy (non-hydrogen) atoms. The summed E-state index contributed by atoms with van der Waals surface area (Å²) < 4.78 is 198. The Hall–Kier alpha value is -15.5. The van der Waals surface area contributed by atoms with Gasteiger partial charge in [-0.2, -0.15) is 118 Å². The molecule has 2 N–H and O–H groups in total. The minimum absolute atomic E-state index is 0.0733. The van der Waals surface area contributed by atoms with Gasteiger partial charge in [0.25, 0.3) is 0 Å². The average molecular weight is 1940 g/mol. The molecule has 1 aromatic carbocycles. The molecular formula is C90H84F13N25O9S. The van der Waals surface area contributed by atoms with E-state index in [1.54, 1.807) is 92.1 Å². The Balaban J connectivity index is 0.000000214. The summed E-state index contributed by atoms with van der Waals surface area (Å²) in [5, 5.41) is 66.9. The van der Waals surface area contributed by atoms with Crippen molar-refractivity contribution in [2.75, 3.05) is 40.4 Å². The number of carbonyl (C=O) groups excluding carboxylic acids is 4. The number of carbonyl (C=O) groups is 4. The molecule has 0 fully saturated rings. The largest absolute Gasteiger partial charge is 0.426 e. The number of halogens is 13. The number of nitrogens with zero attached hydrogens (tertiary/aromatic N) is 24. The second-order valence-corrected chi connectivity index (χ2v) is 29.7. The lowest BCUT2D eigenvalue weighted by atomic mass is 9.93. The maximum absolute atomic E-state index is 13.6. The number of hydrogen-bond acceptors (Lipinski definition) is 31. The molecule has 34 nitrogen and oxygen atoms in total. The van der Waals surface area contributed by atoms with Gasteiger partial charge in [0.05, 0.1) is 137 Å². The number of benzene rings is 1. The lowest BCUT2D eigenvalue weighted by Crippen LogP contribution is -2.17. The number of alkyl halides is 12. The van der Waals surface area contributed by atoms with Crippen LogP contribution in [0.15, 0.2) is 154 Å². The minimum Gasteiger partial charge on any atom is -0.426 e. The van der Waals surface area contributed by atoms with Crippen molar-refractivity contribution in [3.8, 4) is 53.3 Å². The van der Waals surface area contributed by atoms with Gasteiger partial charge in [0.2, 0.25) is 0 Å². The SMILES string of the molecule is COC(C)c1c(CC(=O)Cc2cnc(-n3nccn3)c(C(F)(F)F)c2)cnc(C)c1C#N.COC(C)c1c(N)cnc(C)c1C#N.CO[C@@H](C)c1c(CC(=O)Cc2cnc(-n3nccn3)c(C(F)(F)F)c2)cnc(C)c1C#N.CO[C@H](C)c1c(CC(=O)Cc2cnc(-n3nccn3)c(C(F)(F)F)c2)cnc(C)c1C#N.CSF.O=C(Cc1cnc(-n2nccn2)c(C(F)(F)F)c1)Oc1ccccc1. The summed E-state index contributed by atoms with van der Waals surface area (Å²) in [4.78, 5) is 84.9. The monoisotopic (exact) mass is 1940 g/mol. The topological polar surface area (TPSA) is 462 Å². The molecule has 13 rings (SSSR count). The molecule has 0 amide bonds. The van der Waals surface area contributed by atoms with Crippen LogP contribution >= 0.6 is 12.1 Å². The van der Waals surface area contributed by atoms with Crippen LogP contribution in [-0.2, 0) is 108 Å². The summed E-state index contributed by atoms with van der Waals surface area (Å²) in [6.07, 6.45) is 0.156. The van der Waals surface area contributed by atoms with E-state index in [9.17, 15) is 91.5 Å². The van der Waals surface area contributed by atoms with Gasteiger partial charge in [-0.15, -0.1) is 19.2 Å². The third kappa shape index (κ3) is 28.8. The predicted molar refractivity (Wildman–Crippen MR) is 465 cm³/mol. The molecule has 0 bridgehead atoms. The number of ketones is 3. The van der Waals surface area contributed by atoms with E-state index in [1.807, 2.05) is 6.92 Å². The average Bonchev–Trinajstić information content (AvgIpc) is 1.43. The standard InChI is InChI=1S/3C21H19F3N6O2.C16H11F3N4O2.C10H13N3O.CH3FS/c3*1-12-17(9-25)19(13(2)32-3)15(11-26-12)8-16(31)6-14-7-18(21(22,23)24)20(27-10-14)30-28-4-5-29-30;17-16(18,19)13-8-11(10-20-15(13)23-21-6-7-22-23)9-14(24)25-12-4-2-1-3-5-12;1-6-8(4-11)10(7(2)14-3)9(12)5-13-6;1-3-2/h3*4-5,7,10-11,13H,6,8H2,1-3H3;1-8,10H,9H2;5,7H,12H2,1-3H3;1H3/t2*13-;;;;/m10..../s1. The van der Waals surface area contributed by atoms with Crippen molar-refractivity contribution in [2.45, 2.75) is 149 Å². The number of nitriles is 4. The van der Waals surface area contributed by atoms with Gasteiger partial charge in [-0.25, -0.2) is 19.9 Å². The van der Waals surface area contributed by atoms with Crippen molar-refractivity contribution in [1.29, 1.82) is 21.0 Å². The highest BCUT2D eigenvalue weighted by Crippen LogP contribution is 2.39. The summed E-state index contributed by atoms with van der Waals surface area (Å²) in [6.45, 7) is 13.9. The fourth-order valence-electron chi connectivity index (χ4n) is 13.4.